The third-order valence-electron chi connectivity index (χ3n) is 4.10. The van der Waals surface area contributed by atoms with Gasteiger partial charge in [-0.15, -0.1) is 0 Å². The molecule has 2 rings (SSSR count). The maximum absolute atomic E-state index is 5.90. The average Bonchev–Trinajstić information content (AvgIpc) is 2.42. The fourth-order valence-corrected chi connectivity index (χ4v) is 4.05. The molecule has 4 heteroatoms. The van der Waals surface area contributed by atoms with Crippen molar-refractivity contribution in [2.24, 2.45) is 0 Å². The van der Waals surface area contributed by atoms with E-state index in [1.165, 1.54) is 49.1 Å². The molecule has 0 spiro atoms. The van der Waals surface area contributed by atoms with E-state index in [2.05, 4.69) is 40.3 Å². The van der Waals surface area contributed by atoms with Crippen LogP contribution >= 0.6 is 0 Å². The molecule has 0 radical (unpaired) electrons. The van der Waals surface area contributed by atoms with Crippen LogP contribution in [0, 0.1) is 6.92 Å². The topological polar surface area (TPSA) is 32.5 Å². The van der Waals surface area contributed by atoms with Crippen molar-refractivity contribution in [3.63, 3.8) is 0 Å². The first-order valence-corrected chi connectivity index (χ1v) is 12.6. The van der Waals surface area contributed by atoms with Crippen molar-refractivity contribution in [3.05, 3.63) is 29.3 Å². The molecular formula is C16H28AsN3. The second-order valence-corrected chi connectivity index (χ2v) is 11.6. The fraction of sp³-hybridized carbons (Fsp3) is 0.625. The molecule has 1 aromatic carbocycles. The first-order chi connectivity index (χ1) is 9.54. The van der Waals surface area contributed by atoms with Crippen molar-refractivity contribution in [1.29, 1.82) is 0 Å². The molecule has 112 valence electrons. The van der Waals surface area contributed by atoms with Gasteiger partial charge in [-0.2, -0.15) is 0 Å². The van der Waals surface area contributed by atoms with Crippen LogP contribution in [0.15, 0.2) is 18.2 Å². The van der Waals surface area contributed by atoms with Crippen LogP contribution in [0.3, 0.4) is 0 Å². The summed E-state index contributed by atoms with van der Waals surface area (Å²) in [6.45, 7) is 9.37. The Morgan fingerprint density at radius 3 is 2.40 bits per heavy atom. The fourth-order valence-electron chi connectivity index (χ4n) is 2.62. The first-order valence-electron chi connectivity index (χ1n) is 7.49. The predicted octanol–water partition coefficient (Wildman–Crippen LogP) is 2.45. The van der Waals surface area contributed by atoms with E-state index < -0.39 is 14.7 Å². The normalized spacial score (nSPS) is 17.8. The van der Waals surface area contributed by atoms with Crippen LogP contribution in [0.5, 0.6) is 0 Å². The van der Waals surface area contributed by atoms with Crippen molar-refractivity contribution in [2.75, 3.05) is 38.5 Å². The van der Waals surface area contributed by atoms with Gasteiger partial charge in [0.1, 0.15) is 0 Å². The van der Waals surface area contributed by atoms with Gasteiger partial charge in [-0.1, -0.05) is 0 Å². The van der Waals surface area contributed by atoms with Crippen LogP contribution in [0.1, 0.15) is 11.1 Å². The molecule has 0 amide bonds. The second kappa shape index (κ2) is 7.49. The summed E-state index contributed by atoms with van der Waals surface area (Å²) in [7, 11) is 0. The number of nitrogens with two attached hydrogens (primary N) is 1. The molecule has 1 fully saturated rings. The Morgan fingerprint density at radius 2 is 1.75 bits per heavy atom. The van der Waals surface area contributed by atoms with E-state index in [4.69, 9.17) is 5.73 Å². The summed E-state index contributed by atoms with van der Waals surface area (Å²) in [6, 6.07) is 6.26. The van der Waals surface area contributed by atoms with Gasteiger partial charge < -0.3 is 0 Å². The molecule has 2 N–H and O–H groups in total. The van der Waals surface area contributed by atoms with E-state index in [0.717, 1.165) is 12.2 Å². The second-order valence-electron chi connectivity index (χ2n) is 6.11. The van der Waals surface area contributed by atoms with Crippen molar-refractivity contribution >= 4 is 20.3 Å². The number of piperazine rings is 1. The number of anilines is 1. The monoisotopic (exact) mass is 337 g/mol. The first kappa shape index (κ1) is 15.9. The van der Waals surface area contributed by atoms with E-state index in [1.807, 2.05) is 6.07 Å². The molecule has 3 nitrogen and oxygen atoms in total. The Bertz CT molecular complexity index is 426. The number of aryl methyl sites for hydroxylation is 1. The summed E-state index contributed by atoms with van der Waals surface area (Å²) < 4.78 is 0. The summed E-state index contributed by atoms with van der Waals surface area (Å²) in [5, 5.41) is 1.46. The van der Waals surface area contributed by atoms with Gasteiger partial charge in [-0.05, 0) is 0 Å². The van der Waals surface area contributed by atoms with Crippen molar-refractivity contribution in [2.45, 2.75) is 30.1 Å². The van der Waals surface area contributed by atoms with Gasteiger partial charge in [0.05, 0.1) is 0 Å². The van der Waals surface area contributed by atoms with Gasteiger partial charge in [0, 0.05) is 0 Å². The molecule has 0 unspecified atom stereocenters. The molecule has 0 aromatic heterocycles. The Hall–Kier alpha value is -0.502. The van der Waals surface area contributed by atoms with Crippen molar-refractivity contribution in [1.82, 2.24) is 9.80 Å². The van der Waals surface area contributed by atoms with Crippen molar-refractivity contribution < 1.29 is 0 Å². The number of hydrogen-bond acceptors (Lipinski definition) is 3. The summed E-state index contributed by atoms with van der Waals surface area (Å²) in [6.07, 6.45) is 0. The van der Waals surface area contributed by atoms with Crippen LogP contribution in [0.25, 0.3) is 0 Å². The number of nitrogen functional groups attached to an aromatic ring is 1. The van der Waals surface area contributed by atoms with E-state index in [1.54, 1.807) is 0 Å². The Labute approximate surface area is 128 Å². The summed E-state index contributed by atoms with van der Waals surface area (Å²) >= 11 is -0.455. The third-order valence-corrected chi connectivity index (χ3v) is 6.39. The summed E-state index contributed by atoms with van der Waals surface area (Å²) in [5.74, 6) is 0. The summed E-state index contributed by atoms with van der Waals surface area (Å²) in [5.41, 5.74) is 14.4. The Kier molecular flexibility index (Phi) is 5.95. The van der Waals surface area contributed by atoms with E-state index in [0.29, 0.717) is 0 Å². The van der Waals surface area contributed by atoms with E-state index in [9.17, 15) is 0 Å². The maximum atomic E-state index is 5.90. The van der Waals surface area contributed by atoms with Crippen molar-refractivity contribution in [3.8, 4) is 0 Å². The van der Waals surface area contributed by atoms with Gasteiger partial charge in [0.15, 0.2) is 0 Å². The Morgan fingerprint density at radius 1 is 1.10 bits per heavy atom. The molecule has 1 aromatic rings. The zero-order chi connectivity index (χ0) is 14.5. The number of rotatable bonds is 5. The van der Waals surface area contributed by atoms with Crippen LogP contribution < -0.4 is 5.73 Å². The molecule has 1 heterocycles. The zero-order valence-electron chi connectivity index (χ0n) is 13.1. The van der Waals surface area contributed by atoms with Crippen LogP contribution in [0.2, 0.25) is 16.6 Å². The quantitative estimate of drug-likeness (QED) is 0.662. The Balaban J connectivity index is 1.81. The number of nitrogens with zero attached hydrogens (tertiary/aromatic N) is 2. The molecule has 0 saturated carbocycles. The molecule has 1 aliphatic rings. The van der Waals surface area contributed by atoms with Gasteiger partial charge in [-0.25, -0.2) is 0 Å². The van der Waals surface area contributed by atoms with E-state index >= 15 is 0 Å². The molecule has 0 bridgehead atoms. The van der Waals surface area contributed by atoms with E-state index in [-0.39, 0.29) is 0 Å². The van der Waals surface area contributed by atoms with Crippen LogP contribution in [0.4, 0.5) is 5.69 Å². The van der Waals surface area contributed by atoms with Gasteiger partial charge in [-0.3, -0.25) is 0 Å². The average molecular weight is 337 g/mol. The van der Waals surface area contributed by atoms with Gasteiger partial charge in [0.2, 0.25) is 0 Å². The van der Waals surface area contributed by atoms with Gasteiger partial charge >= 0.3 is 128 Å². The molecule has 20 heavy (non-hydrogen) atoms. The zero-order valence-corrected chi connectivity index (χ0v) is 15.0. The van der Waals surface area contributed by atoms with Crippen LogP contribution in [-0.2, 0) is 6.54 Å². The minimum absolute atomic E-state index is 0.455. The molecular weight excluding hydrogens is 309 g/mol. The molecule has 0 atom stereocenters. The minimum atomic E-state index is -0.455. The SMILES string of the molecule is Cc1ccc(N)cc1CN1CCN(CC[As](C)C)CC1. The van der Waals surface area contributed by atoms with Crippen LogP contribution in [-0.4, -0.2) is 57.2 Å². The number of hydrogen-bond donors (Lipinski definition) is 1. The number of benzene rings is 1. The molecule has 1 aliphatic heterocycles. The summed E-state index contributed by atoms with van der Waals surface area (Å²) in [4.78, 5) is 5.20. The third kappa shape index (κ3) is 4.80. The standard InChI is InChI=1S/C16H28AsN3/c1-14-4-5-16(18)12-15(14)13-20-10-8-19(9-11-20)7-6-17(2)3/h4-5,12H,6-11,13,18H2,1-3H3. The predicted molar refractivity (Wildman–Crippen MR) is 89.6 cm³/mol. The molecule has 0 aliphatic carbocycles. The van der Waals surface area contributed by atoms with Gasteiger partial charge in [0.25, 0.3) is 0 Å². The molecule has 1 saturated heterocycles.